The number of aryl methyl sites for hydroxylation is 1. The number of anilines is 2. The summed E-state index contributed by atoms with van der Waals surface area (Å²) < 4.78 is 14.8. The third-order valence-electron chi connectivity index (χ3n) is 4.37. The summed E-state index contributed by atoms with van der Waals surface area (Å²) in [4.78, 5) is 28.0. The summed E-state index contributed by atoms with van der Waals surface area (Å²) in [6.07, 6.45) is 0. The highest BCUT2D eigenvalue weighted by Crippen LogP contribution is 2.21. The molecule has 2 aromatic carbocycles. The highest BCUT2D eigenvalue weighted by molar-refractivity contribution is 9.10. The molecule has 136 valence electrons. The van der Waals surface area contributed by atoms with Gasteiger partial charge in [0.05, 0.1) is 5.69 Å². The molecule has 0 atom stereocenters. The Morgan fingerprint density at radius 3 is 2.42 bits per heavy atom. The van der Waals surface area contributed by atoms with Crippen LogP contribution in [0.3, 0.4) is 0 Å². The third kappa shape index (κ3) is 4.04. The van der Waals surface area contributed by atoms with E-state index in [0.29, 0.717) is 37.6 Å². The zero-order valence-corrected chi connectivity index (χ0v) is 15.9. The SMILES string of the molecule is Cc1cc(NC(=O)C(=O)N2CCN(c3ccccc3F)CC2)ccc1Br. The lowest BCUT2D eigenvalue weighted by Crippen LogP contribution is -2.51. The largest absolute Gasteiger partial charge is 0.366 e. The van der Waals surface area contributed by atoms with Gasteiger partial charge in [0.15, 0.2) is 0 Å². The van der Waals surface area contributed by atoms with E-state index in [9.17, 15) is 14.0 Å². The van der Waals surface area contributed by atoms with E-state index < -0.39 is 11.8 Å². The number of halogens is 2. The number of nitrogens with one attached hydrogen (secondary N) is 1. The van der Waals surface area contributed by atoms with Gasteiger partial charge in [-0.25, -0.2) is 4.39 Å². The highest BCUT2D eigenvalue weighted by Gasteiger charge is 2.27. The van der Waals surface area contributed by atoms with Crippen LogP contribution in [0.1, 0.15) is 5.56 Å². The second-order valence-electron chi connectivity index (χ2n) is 6.15. The number of amides is 2. The average molecular weight is 420 g/mol. The fourth-order valence-electron chi connectivity index (χ4n) is 2.91. The zero-order chi connectivity index (χ0) is 18.7. The molecule has 3 rings (SSSR count). The molecule has 0 aliphatic carbocycles. The molecule has 0 unspecified atom stereocenters. The Kier molecular flexibility index (Phi) is 5.56. The standard InChI is InChI=1S/C19H19BrFN3O2/c1-13-12-14(6-7-15(13)20)22-18(25)19(26)24-10-8-23(9-11-24)17-5-3-2-4-16(17)21/h2-7,12H,8-11H2,1H3,(H,22,25). The first kappa shape index (κ1) is 18.4. The lowest BCUT2D eigenvalue weighted by Gasteiger charge is -2.35. The molecule has 1 saturated heterocycles. The normalized spacial score (nSPS) is 14.3. The molecule has 1 heterocycles. The van der Waals surface area contributed by atoms with Crippen molar-refractivity contribution in [2.75, 3.05) is 36.4 Å². The van der Waals surface area contributed by atoms with Crippen LogP contribution in [-0.4, -0.2) is 42.9 Å². The molecule has 1 aliphatic heterocycles. The number of hydrogen-bond acceptors (Lipinski definition) is 3. The smallest absolute Gasteiger partial charge is 0.313 e. The number of nitrogens with zero attached hydrogens (tertiary/aromatic N) is 2. The molecule has 1 fully saturated rings. The summed E-state index contributed by atoms with van der Waals surface area (Å²) in [6.45, 7) is 3.62. The number of piperazine rings is 1. The summed E-state index contributed by atoms with van der Waals surface area (Å²) in [6, 6.07) is 11.9. The minimum absolute atomic E-state index is 0.282. The average Bonchev–Trinajstić information content (AvgIpc) is 2.65. The van der Waals surface area contributed by atoms with Crippen molar-refractivity contribution in [3.8, 4) is 0 Å². The molecule has 0 bridgehead atoms. The van der Waals surface area contributed by atoms with Crippen LogP contribution in [0.4, 0.5) is 15.8 Å². The molecule has 1 N–H and O–H groups in total. The Bertz CT molecular complexity index is 835. The topological polar surface area (TPSA) is 52.7 Å². The van der Waals surface area contributed by atoms with Gasteiger partial charge in [0.25, 0.3) is 0 Å². The van der Waals surface area contributed by atoms with Crippen LogP contribution in [-0.2, 0) is 9.59 Å². The van der Waals surface area contributed by atoms with Crippen LogP contribution in [0, 0.1) is 12.7 Å². The van der Waals surface area contributed by atoms with Crippen molar-refractivity contribution in [3.63, 3.8) is 0 Å². The second kappa shape index (κ2) is 7.86. The quantitative estimate of drug-likeness (QED) is 0.760. The van der Waals surface area contributed by atoms with Gasteiger partial charge in [-0.15, -0.1) is 0 Å². The Labute approximate surface area is 159 Å². The van der Waals surface area contributed by atoms with Crippen LogP contribution in [0.5, 0.6) is 0 Å². The number of rotatable bonds is 2. The number of hydrogen-bond donors (Lipinski definition) is 1. The van der Waals surface area contributed by atoms with Crippen LogP contribution < -0.4 is 10.2 Å². The minimum Gasteiger partial charge on any atom is -0.366 e. The number of carbonyl (C=O) groups excluding carboxylic acids is 2. The zero-order valence-electron chi connectivity index (χ0n) is 14.3. The van der Waals surface area contributed by atoms with Crippen LogP contribution in [0.15, 0.2) is 46.9 Å². The van der Waals surface area contributed by atoms with Crippen molar-refractivity contribution >= 4 is 39.1 Å². The van der Waals surface area contributed by atoms with Gasteiger partial charge in [-0.1, -0.05) is 28.1 Å². The van der Waals surface area contributed by atoms with Crippen molar-refractivity contribution < 1.29 is 14.0 Å². The molecule has 7 heteroatoms. The van der Waals surface area contributed by atoms with Gasteiger partial charge >= 0.3 is 11.8 Å². The van der Waals surface area contributed by atoms with Crippen molar-refractivity contribution in [2.45, 2.75) is 6.92 Å². The summed E-state index contributed by atoms with van der Waals surface area (Å²) in [5.41, 5.74) is 2.07. The van der Waals surface area contributed by atoms with E-state index in [4.69, 9.17) is 0 Å². The molecule has 1 aliphatic rings. The Hall–Kier alpha value is -2.41. The van der Waals surface area contributed by atoms with Gasteiger partial charge in [-0.2, -0.15) is 0 Å². The van der Waals surface area contributed by atoms with E-state index in [1.54, 1.807) is 30.3 Å². The molecule has 0 aromatic heterocycles. The van der Waals surface area contributed by atoms with Crippen LogP contribution >= 0.6 is 15.9 Å². The monoisotopic (exact) mass is 419 g/mol. The fraction of sp³-hybridized carbons (Fsp3) is 0.263. The molecular weight excluding hydrogens is 401 g/mol. The fourth-order valence-corrected chi connectivity index (χ4v) is 3.16. The predicted octanol–water partition coefficient (Wildman–Crippen LogP) is 3.18. The summed E-state index contributed by atoms with van der Waals surface area (Å²) in [7, 11) is 0. The van der Waals surface area contributed by atoms with E-state index in [1.165, 1.54) is 11.0 Å². The number of carbonyl (C=O) groups is 2. The van der Waals surface area contributed by atoms with E-state index in [-0.39, 0.29) is 5.82 Å². The van der Waals surface area contributed by atoms with Gasteiger partial charge < -0.3 is 15.1 Å². The first-order valence-electron chi connectivity index (χ1n) is 8.31. The van der Waals surface area contributed by atoms with Gasteiger partial charge in [0, 0.05) is 36.3 Å². The first-order chi connectivity index (χ1) is 12.5. The molecule has 2 aromatic rings. The van der Waals surface area contributed by atoms with Gasteiger partial charge in [-0.05, 0) is 42.8 Å². The third-order valence-corrected chi connectivity index (χ3v) is 5.26. The second-order valence-corrected chi connectivity index (χ2v) is 7.00. The molecule has 0 spiro atoms. The van der Waals surface area contributed by atoms with Crippen LogP contribution in [0.2, 0.25) is 0 Å². The van der Waals surface area contributed by atoms with Crippen LogP contribution in [0.25, 0.3) is 0 Å². The van der Waals surface area contributed by atoms with Crippen molar-refractivity contribution in [1.29, 1.82) is 0 Å². The summed E-state index contributed by atoms with van der Waals surface area (Å²) >= 11 is 3.40. The Morgan fingerprint density at radius 2 is 1.77 bits per heavy atom. The molecule has 26 heavy (non-hydrogen) atoms. The van der Waals surface area contributed by atoms with E-state index in [1.807, 2.05) is 17.9 Å². The number of para-hydroxylation sites is 1. The number of benzene rings is 2. The summed E-state index contributed by atoms with van der Waals surface area (Å²) in [5.74, 6) is -1.51. The lowest BCUT2D eigenvalue weighted by atomic mass is 10.2. The van der Waals surface area contributed by atoms with Crippen molar-refractivity contribution in [2.24, 2.45) is 0 Å². The minimum atomic E-state index is -0.661. The van der Waals surface area contributed by atoms with E-state index >= 15 is 0 Å². The van der Waals surface area contributed by atoms with E-state index in [2.05, 4.69) is 21.2 Å². The Balaban J connectivity index is 1.58. The Morgan fingerprint density at radius 1 is 1.08 bits per heavy atom. The van der Waals surface area contributed by atoms with E-state index in [0.717, 1.165) is 10.0 Å². The van der Waals surface area contributed by atoms with Gasteiger partial charge in [0.2, 0.25) is 0 Å². The summed E-state index contributed by atoms with van der Waals surface area (Å²) in [5, 5.41) is 2.63. The van der Waals surface area contributed by atoms with Gasteiger partial charge in [-0.3, -0.25) is 9.59 Å². The molecule has 0 radical (unpaired) electrons. The van der Waals surface area contributed by atoms with Crippen molar-refractivity contribution in [1.82, 2.24) is 4.90 Å². The maximum absolute atomic E-state index is 13.9. The van der Waals surface area contributed by atoms with Crippen molar-refractivity contribution in [3.05, 3.63) is 58.3 Å². The first-order valence-corrected chi connectivity index (χ1v) is 9.11. The van der Waals surface area contributed by atoms with Gasteiger partial charge in [0.1, 0.15) is 5.82 Å². The molecular formula is C19H19BrFN3O2. The maximum atomic E-state index is 13.9. The molecule has 5 nitrogen and oxygen atoms in total. The lowest BCUT2D eigenvalue weighted by molar-refractivity contribution is -0.143. The predicted molar refractivity (Wildman–Crippen MR) is 103 cm³/mol. The molecule has 0 saturated carbocycles. The maximum Gasteiger partial charge on any atom is 0.313 e. The highest BCUT2D eigenvalue weighted by atomic mass is 79.9. The molecule has 2 amide bonds.